The van der Waals surface area contributed by atoms with E-state index in [4.69, 9.17) is 0 Å². The van der Waals surface area contributed by atoms with Crippen LogP contribution in [0.5, 0.6) is 0 Å². The Bertz CT molecular complexity index is 502. The maximum absolute atomic E-state index is 13.7. The number of urea groups is 1. The second kappa shape index (κ2) is 8.22. The van der Waals surface area contributed by atoms with Crippen LogP contribution in [0.2, 0.25) is 0 Å². The van der Waals surface area contributed by atoms with Crippen molar-refractivity contribution < 1.29 is 9.18 Å². The van der Waals surface area contributed by atoms with Crippen molar-refractivity contribution in [1.29, 1.82) is 0 Å². The molecule has 5 nitrogen and oxygen atoms in total. The van der Waals surface area contributed by atoms with Gasteiger partial charge in [-0.15, -0.1) is 0 Å². The third-order valence-corrected chi connectivity index (χ3v) is 4.49. The van der Waals surface area contributed by atoms with Gasteiger partial charge in [-0.1, -0.05) is 6.92 Å². The summed E-state index contributed by atoms with van der Waals surface area (Å²) in [5.41, 5.74) is 0. The normalized spacial score (nSPS) is 19.0. The van der Waals surface area contributed by atoms with Gasteiger partial charge in [0.1, 0.15) is 0 Å². The van der Waals surface area contributed by atoms with Crippen LogP contribution >= 0.6 is 11.8 Å². The number of pyridine rings is 1. The summed E-state index contributed by atoms with van der Waals surface area (Å²) in [5, 5.41) is 5.95. The fourth-order valence-electron chi connectivity index (χ4n) is 2.56. The van der Waals surface area contributed by atoms with Gasteiger partial charge in [0, 0.05) is 37.1 Å². The zero-order valence-electron chi connectivity index (χ0n) is 13.0. The number of nitrogens with zero attached hydrogens (tertiary/aromatic N) is 2. The Morgan fingerprint density at radius 2 is 2.45 bits per heavy atom. The van der Waals surface area contributed by atoms with E-state index in [1.54, 1.807) is 24.0 Å². The Morgan fingerprint density at radius 1 is 1.64 bits per heavy atom. The van der Waals surface area contributed by atoms with Gasteiger partial charge in [-0.2, -0.15) is 11.8 Å². The summed E-state index contributed by atoms with van der Waals surface area (Å²) in [6.45, 7) is 3.34. The summed E-state index contributed by atoms with van der Waals surface area (Å²) in [6, 6.07) is 3.04. The lowest BCUT2D eigenvalue weighted by Crippen LogP contribution is -2.47. The van der Waals surface area contributed by atoms with Crippen LogP contribution in [-0.2, 0) is 0 Å². The van der Waals surface area contributed by atoms with Gasteiger partial charge in [0.25, 0.3) is 0 Å². The molecule has 122 valence electrons. The van der Waals surface area contributed by atoms with Crippen molar-refractivity contribution in [2.24, 2.45) is 0 Å². The second-order valence-electron chi connectivity index (χ2n) is 5.42. The van der Waals surface area contributed by atoms with Gasteiger partial charge in [-0.3, -0.25) is 0 Å². The Kier molecular flexibility index (Phi) is 6.30. The first-order chi connectivity index (χ1) is 10.6. The summed E-state index contributed by atoms with van der Waals surface area (Å²) >= 11 is 1.72. The topological polar surface area (TPSA) is 57.3 Å². The molecule has 0 radical (unpaired) electrons. The monoisotopic (exact) mass is 326 g/mol. The minimum Gasteiger partial charge on any atom is -0.352 e. The highest BCUT2D eigenvalue weighted by Gasteiger charge is 2.26. The van der Waals surface area contributed by atoms with Gasteiger partial charge in [-0.05, 0) is 31.2 Å². The van der Waals surface area contributed by atoms with E-state index in [-0.39, 0.29) is 23.9 Å². The molecule has 1 saturated heterocycles. The average Bonchev–Trinajstić information content (AvgIpc) is 2.95. The molecule has 1 aromatic heterocycles. The SMILES string of the molecule is CCC(CSC)NC(=O)NC1CCN(c2ncccc2F)C1. The lowest BCUT2D eigenvalue weighted by Gasteiger charge is -2.20. The largest absolute Gasteiger partial charge is 0.352 e. The van der Waals surface area contributed by atoms with E-state index < -0.39 is 0 Å². The highest BCUT2D eigenvalue weighted by Crippen LogP contribution is 2.20. The minimum atomic E-state index is -0.321. The highest BCUT2D eigenvalue weighted by molar-refractivity contribution is 7.98. The predicted molar refractivity (Wildman–Crippen MR) is 88.9 cm³/mol. The van der Waals surface area contributed by atoms with E-state index in [0.29, 0.717) is 18.9 Å². The lowest BCUT2D eigenvalue weighted by molar-refractivity contribution is 0.234. The second-order valence-corrected chi connectivity index (χ2v) is 6.33. The summed E-state index contributed by atoms with van der Waals surface area (Å²) in [7, 11) is 0. The molecular formula is C15H23FN4OS. The van der Waals surface area contributed by atoms with Crippen molar-refractivity contribution in [2.45, 2.75) is 31.8 Å². The van der Waals surface area contributed by atoms with Gasteiger partial charge >= 0.3 is 6.03 Å². The molecule has 1 aliphatic rings. The molecule has 1 aliphatic heterocycles. The molecule has 1 aromatic rings. The fourth-order valence-corrected chi connectivity index (χ4v) is 3.28. The first-order valence-corrected chi connectivity index (χ1v) is 8.94. The number of aromatic nitrogens is 1. The number of nitrogens with one attached hydrogen (secondary N) is 2. The van der Waals surface area contributed by atoms with E-state index >= 15 is 0 Å². The number of carbonyl (C=O) groups excluding carboxylic acids is 1. The van der Waals surface area contributed by atoms with Crippen molar-refractivity contribution in [3.63, 3.8) is 0 Å². The lowest BCUT2D eigenvalue weighted by atomic mass is 10.2. The summed E-state index contributed by atoms with van der Waals surface area (Å²) in [4.78, 5) is 18.0. The van der Waals surface area contributed by atoms with Crippen LogP contribution < -0.4 is 15.5 Å². The molecule has 0 spiro atoms. The standard InChI is InChI=1S/C15H23FN4OS/c1-3-11(10-22-2)18-15(21)19-12-6-8-20(9-12)14-13(16)5-4-7-17-14/h4-5,7,11-12H,3,6,8-10H2,1-2H3,(H2,18,19,21). The molecule has 2 amide bonds. The zero-order valence-corrected chi connectivity index (χ0v) is 13.8. The number of amides is 2. The van der Waals surface area contributed by atoms with Gasteiger partial charge in [-0.25, -0.2) is 14.2 Å². The highest BCUT2D eigenvalue weighted by atomic mass is 32.2. The molecule has 2 rings (SSSR count). The quantitative estimate of drug-likeness (QED) is 0.842. The van der Waals surface area contributed by atoms with Gasteiger partial charge in [0.2, 0.25) is 0 Å². The third-order valence-electron chi connectivity index (χ3n) is 3.76. The summed E-state index contributed by atoms with van der Waals surface area (Å²) < 4.78 is 13.7. The Hall–Kier alpha value is -1.50. The Labute approximate surface area is 135 Å². The molecule has 7 heteroatoms. The van der Waals surface area contributed by atoms with Gasteiger partial charge in [0.15, 0.2) is 11.6 Å². The van der Waals surface area contributed by atoms with Crippen LogP contribution in [0.1, 0.15) is 19.8 Å². The first kappa shape index (κ1) is 16.9. The average molecular weight is 326 g/mol. The fraction of sp³-hybridized carbons (Fsp3) is 0.600. The summed E-state index contributed by atoms with van der Waals surface area (Å²) in [6.07, 6.45) is 5.31. The maximum atomic E-state index is 13.7. The van der Waals surface area contributed by atoms with Crippen LogP contribution in [0.25, 0.3) is 0 Å². The van der Waals surface area contributed by atoms with E-state index in [1.807, 2.05) is 11.2 Å². The smallest absolute Gasteiger partial charge is 0.315 e. The van der Waals surface area contributed by atoms with E-state index in [9.17, 15) is 9.18 Å². The van der Waals surface area contributed by atoms with Crippen molar-refractivity contribution in [3.8, 4) is 0 Å². The molecule has 0 bridgehead atoms. The number of thioether (sulfide) groups is 1. The van der Waals surface area contributed by atoms with E-state index in [0.717, 1.165) is 18.6 Å². The van der Waals surface area contributed by atoms with Crippen molar-refractivity contribution >= 4 is 23.6 Å². The molecule has 2 N–H and O–H groups in total. The van der Waals surface area contributed by atoms with Crippen LogP contribution in [0.15, 0.2) is 18.3 Å². The van der Waals surface area contributed by atoms with Crippen LogP contribution in [0.3, 0.4) is 0 Å². The molecule has 22 heavy (non-hydrogen) atoms. The molecule has 2 unspecified atom stereocenters. The van der Waals surface area contributed by atoms with E-state index in [1.165, 1.54) is 6.07 Å². The van der Waals surface area contributed by atoms with E-state index in [2.05, 4.69) is 22.5 Å². The predicted octanol–water partition coefficient (Wildman–Crippen LogP) is 2.24. The van der Waals surface area contributed by atoms with Gasteiger partial charge < -0.3 is 15.5 Å². The number of carbonyl (C=O) groups is 1. The molecule has 0 saturated carbocycles. The van der Waals surface area contributed by atoms with Crippen molar-refractivity contribution in [1.82, 2.24) is 15.6 Å². The third kappa shape index (κ3) is 4.50. The molecule has 0 aliphatic carbocycles. The Balaban J connectivity index is 1.83. The zero-order chi connectivity index (χ0) is 15.9. The summed E-state index contributed by atoms with van der Waals surface area (Å²) in [5.74, 6) is 0.944. The minimum absolute atomic E-state index is 0.0215. The van der Waals surface area contributed by atoms with Crippen LogP contribution in [-0.4, -0.2) is 48.2 Å². The first-order valence-electron chi connectivity index (χ1n) is 7.55. The van der Waals surface area contributed by atoms with Crippen LogP contribution in [0, 0.1) is 5.82 Å². The van der Waals surface area contributed by atoms with Gasteiger partial charge in [0.05, 0.1) is 0 Å². The number of rotatable bonds is 6. The number of hydrogen-bond acceptors (Lipinski definition) is 4. The molecule has 0 aromatic carbocycles. The molecule has 1 fully saturated rings. The number of anilines is 1. The maximum Gasteiger partial charge on any atom is 0.315 e. The molecule has 2 atom stereocenters. The Morgan fingerprint density at radius 3 is 3.14 bits per heavy atom. The molecule has 2 heterocycles. The number of halogens is 1. The molecular weight excluding hydrogens is 303 g/mol. The van der Waals surface area contributed by atoms with Crippen LogP contribution in [0.4, 0.5) is 15.0 Å². The van der Waals surface area contributed by atoms with Crippen molar-refractivity contribution in [3.05, 3.63) is 24.1 Å². The van der Waals surface area contributed by atoms with Crippen molar-refractivity contribution in [2.75, 3.05) is 30.0 Å². The number of hydrogen-bond donors (Lipinski definition) is 2.